The van der Waals surface area contributed by atoms with Gasteiger partial charge in [-0.25, -0.2) is 0 Å². The first-order chi connectivity index (χ1) is 15.6. The average molecular weight is 444 g/mol. The molecule has 0 N–H and O–H groups in total. The number of fused-ring (bicyclic) bond motifs is 6. The van der Waals surface area contributed by atoms with Gasteiger partial charge in [-0.2, -0.15) is 0 Å². The molecule has 2 heteroatoms. The Morgan fingerprint density at radius 1 is 0.875 bits per heavy atom. The molecule has 1 aromatic heterocycles. The lowest BCUT2D eigenvalue weighted by molar-refractivity contribution is 1.29. The van der Waals surface area contributed by atoms with E-state index in [0.717, 1.165) is 15.6 Å². The molecule has 2 aromatic carbocycles. The Bertz CT molecular complexity index is 1370. The van der Waals surface area contributed by atoms with Crippen molar-refractivity contribution in [2.45, 2.75) is 26.7 Å². The highest BCUT2D eigenvalue weighted by atomic mass is 28.2. The number of allylic oxidation sites excluding steroid dienone is 3. The molecule has 0 unspecified atom stereocenters. The number of rotatable bonds is 2. The molecule has 6 rings (SSSR count). The van der Waals surface area contributed by atoms with Crippen LogP contribution in [0.15, 0.2) is 79.5 Å². The molecule has 32 heavy (non-hydrogen) atoms. The van der Waals surface area contributed by atoms with Gasteiger partial charge in [0.05, 0.1) is 17.5 Å². The van der Waals surface area contributed by atoms with E-state index < -0.39 is 8.40 Å². The summed E-state index contributed by atoms with van der Waals surface area (Å²) >= 11 is 0. The van der Waals surface area contributed by atoms with Crippen LogP contribution in [0.1, 0.15) is 38.2 Å². The third kappa shape index (κ3) is 3.35. The van der Waals surface area contributed by atoms with Crippen LogP contribution in [0.3, 0.4) is 0 Å². The minimum absolute atomic E-state index is 0.815. The molecule has 3 aliphatic rings. The van der Waals surface area contributed by atoms with E-state index in [0.29, 0.717) is 0 Å². The summed E-state index contributed by atoms with van der Waals surface area (Å²) in [6, 6.07) is 17.5. The Labute approximate surface area is 195 Å². The molecule has 1 radical (unpaired) electrons. The van der Waals surface area contributed by atoms with Gasteiger partial charge in [-0.15, -0.1) is 6.58 Å². The second-order valence-corrected chi connectivity index (χ2v) is 12.2. The molecule has 3 aromatic rings. The average Bonchev–Trinajstić information content (AvgIpc) is 3.40. The van der Waals surface area contributed by atoms with Crippen LogP contribution >= 0.6 is 0 Å². The van der Waals surface area contributed by atoms with Crippen LogP contribution in [-0.2, 0) is 12.8 Å². The van der Waals surface area contributed by atoms with E-state index in [9.17, 15) is 0 Å². The fourth-order valence-corrected chi connectivity index (χ4v) is 8.90. The molecule has 155 valence electrons. The van der Waals surface area contributed by atoms with Crippen molar-refractivity contribution in [3.05, 3.63) is 118 Å². The maximum atomic E-state index is 4.09. The molecule has 0 spiro atoms. The first-order valence-electron chi connectivity index (χ1n) is 11.2. The van der Waals surface area contributed by atoms with Crippen molar-refractivity contribution in [2.75, 3.05) is 0 Å². The maximum absolute atomic E-state index is 4.09. The van der Waals surface area contributed by atoms with Gasteiger partial charge in [-0.3, -0.25) is 0 Å². The minimum Gasteiger partial charge on any atom is -0.103 e. The molecule has 1 aliphatic heterocycles. The lowest BCUT2D eigenvalue weighted by atomic mass is 10.0. The van der Waals surface area contributed by atoms with Crippen LogP contribution in [0.5, 0.6) is 0 Å². The summed E-state index contributed by atoms with van der Waals surface area (Å²) in [6.45, 7) is 12.6. The summed E-state index contributed by atoms with van der Waals surface area (Å²) in [6.07, 6.45) is 8.73. The van der Waals surface area contributed by atoms with Crippen LogP contribution in [-0.4, -0.2) is 22.7 Å². The second-order valence-electron chi connectivity index (χ2n) is 8.57. The molecular formula is C30H27Si2. The summed E-state index contributed by atoms with van der Waals surface area (Å²) in [7, 11) is 0.0844. The molecule has 0 saturated heterocycles. The van der Waals surface area contributed by atoms with E-state index in [-0.39, 0.29) is 0 Å². The molecule has 0 atom stereocenters. The minimum atomic E-state index is -0.815. The normalized spacial score (nSPS) is 14.2. The largest absolute Gasteiger partial charge is 0.103 e. The van der Waals surface area contributed by atoms with Crippen molar-refractivity contribution in [2.24, 2.45) is 0 Å². The number of benzene rings is 2. The highest BCUT2D eigenvalue weighted by Crippen LogP contribution is 2.41. The van der Waals surface area contributed by atoms with Crippen molar-refractivity contribution in [3.8, 4) is 11.1 Å². The third-order valence-electron chi connectivity index (χ3n) is 6.94. The first kappa shape index (κ1) is 20.9. The Balaban J connectivity index is 0.000000144. The van der Waals surface area contributed by atoms with Crippen LogP contribution in [0, 0.1) is 13.8 Å². The Hall–Kier alpha value is -2.95. The van der Waals surface area contributed by atoms with E-state index in [1.807, 2.05) is 6.08 Å². The van der Waals surface area contributed by atoms with Crippen molar-refractivity contribution >= 4 is 40.0 Å². The quantitative estimate of drug-likeness (QED) is 0.303. The molecule has 2 aliphatic carbocycles. The van der Waals surface area contributed by atoms with Crippen molar-refractivity contribution in [1.82, 2.24) is 0 Å². The topological polar surface area (TPSA) is 0 Å². The highest BCUT2D eigenvalue weighted by molar-refractivity contribution is 6.72. The van der Waals surface area contributed by atoms with Gasteiger partial charge in [-0.1, -0.05) is 89.9 Å². The van der Waals surface area contributed by atoms with Crippen molar-refractivity contribution < 1.29 is 0 Å². The van der Waals surface area contributed by atoms with Crippen LogP contribution in [0.2, 0.25) is 0 Å². The SMILES string of the molecule is C1=C[Si]=C2Cc3ccccc3C2=C1.C=Cc1c(C)c(C)c2c([si]1C=C)Cc1ccccc1-2. The zero-order valence-electron chi connectivity index (χ0n) is 18.8. The summed E-state index contributed by atoms with van der Waals surface area (Å²) in [4.78, 5) is 0. The zero-order valence-corrected chi connectivity index (χ0v) is 20.8. The van der Waals surface area contributed by atoms with Gasteiger partial charge in [0.25, 0.3) is 0 Å². The lowest BCUT2D eigenvalue weighted by Gasteiger charge is -2.16. The highest BCUT2D eigenvalue weighted by Gasteiger charge is 2.25. The Morgan fingerprint density at radius 3 is 2.28 bits per heavy atom. The monoisotopic (exact) mass is 443 g/mol. The molecule has 0 fully saturated rings. The molecule has 2 heterocycles. The third-order valence-corrected chi connectivity index (χ3v) is 10.7. The molecule has 0 bridgehead atoms. The predicted molar refractivity (Wildman–Crippen MR) is 145 cm³/mol. The number of hydrogen-bond acceptors (Lipinski definition) is 0. The van der Waals surface area contributed by atoms with E-state index in [4.69, 9.17) is 0 Å². The lowest BCUT2D eigenvalue weighted by Crippen LogP contribution is -2.08. The molecular weight excluding hydrogens is 417 g/mol. The summed E-state index contributed by atoms with van der Waals surface area (Å²) in [5, 5.41) is 4.63. The molecule has 0 nitrogen and oxygen atoms in total. The van der Waals surface area contributed by atoms with Crippen LogP contribution in [0.25, 0.3) is 28.5 Å². The van der Waals surface area contributed by atoms with Gasteiger partial charge >= 0.3 is 0 Å². The van der Waals surface area contributed by atoms with Gasteiger partial charge in [0.2, 0.25) is 0 Å². The zero-order chi connectivity index (χ0) is 22.2. The van der Waals surface area contributed by atoms with Gasteiger partial charge in [0.15, 0.2) is 0 Å². The smallest absolute Gasteiger partial charge is 0.0765 e. The summed E-state index contributed by atoms with van der Waals surface area (Å²) in [5.41, 5.74) is 16.1. The van der Waals surface area contributed by atoms with E-state index in [1.165, 1.54) is 56.1 Å². The first-order valence-corrected chi connectivity index (χ1v) is 13.9. The fraction of sp³-hybridized carbons (Fsp3) is 0.133. The summed E-state index contributed by atoms with van der Waals surface area (Å²) in [5.74, 6) is 0. The standard InChI is InChI=1S/C18H18Si.C12H9Si/c1-5-16-12(3)13(4)18-15-10-8-7-9-14(15)11-17(18)19(16)6-2;1-2-5-10-9(4-1)8-12-11(10)6-3-7-13-12/h5-10H,1-2,11H2,3-4H3;1-7H,8H2. The predicted octanol–water partition coefficient (Wildman–Crippen LogP) is 6.67. The number of hydrogen-bond donors (Lipinski definition) is 0. The van der Waals surface area contributed by atoms with Crippen molar-refractivity contribution in [1.29, 1.82) is 0 Å². The summed E-state index contributed by atoms with van der Waals surface area (Å²) < 4.78 is 0. The molecule has 0 saturated carbocycles. The maximum Gasteiger partial charge on any atom is 0.0765 e. The Morgan fingerprint density at radius 2 is 1.56 bits per heavy atom. The van der Waals surface area contributed by atoms with Gasteiger partial charge < -0.3 is 0 Å². The van der Waals surface area contributed by atoms with E-state index >= 15 is 0 Å². The van der Waals surface area contributed by atoms with Gasteiger partial charge in [0.1, 0.15) is 0 Å². The van der Waals surface area contributed by atoms with Gasteiger partial charge in [0, 0.05) is 0 Å². The van der Waals surface area contributed by atoms with Crippen molar-refractivity contribution in [3.63, 3.8) is 0 Å². The van der Waals surface area contributed by atoms with Crippen LogP contribution in [0.4, 0.5) is 0 Å². The van der Waals surface area contributed by atoms with Gasteiger partial charge in [-0.05, 0) is 81.6 Å². The van der Waals surface area contributed by atoms with E-state index in [2.05, 4.69) is 99.1 Å². The Kier molecular flexibility index (Phi) is 5.58. The molecule has 0 amide bonds. The van der Waals surface area contributed by atoms with Crippen LogP contribution < -0.4 is 0 Å². The van der Waals surface area contributed by atoms with E-state index in [1.54, 1.807) is 10.3 Å². The second kappa shape index (κ2) is 8.53. The fourth-order valence-electron chi connectivity index (χ4n) is 5.27.